The summed E-state index contributed by atoms with van der Waals surface area (Å²) in [5, 5.41) is 0.400. The predicted molar refractivity (Wildman–Crippen MR) is 104 cm³/mol. The Labute approximate surface area is 160 Å². The van der Waals surface area contributed by atoms with Gasteiger partial charge in [-0.05, 0) is 49.8 Å². The Bertz CT molecular complexity index is 1200. The second-order valence-corrected chi connectivity index (χ2v) is 7.28. The van der Waals surface area contributed by atoms with Gasteiger partial charge in [0.15, 0.2) is 22.8 Å². The van der Waals surface area contributed by atoms with Gasteiger partial charge < -0.3 is 23.4 Å². The van der Waals surface area contributed by atoms with E-state index in [-0.39, 0.29) is 12.2 Å². The summed E-state index contributed by atoms with van der Waals surface area (Å²) in [7, 11) is 1.57. The van der Waals surface area contributed by atoms with Crippen LogP contribution in [0.15, 0.2) is 45.8 Å². The molecule has 28 heavy (non-hydrogen) atoms. The molecule has 3 aromatic rings. The van der Waals surface area contributed by atoms with Crippen molar-refractivity contribution in [3.05, 3.63) is 52.4 Å². The van der Waals surface area contributed by atoms with E-state index >= 15 is 0 Å². The van der Waals surface area contributed by atoms with Crippen LogP contribution in [0.3, 0.4) is 0 Å². The van der Waals surface area contributed by atoms with Crippen LogP contribution in [-0.2, 0) is 0 Å². The second-order valence-electron chi connectivity index (χ2n) is 7.28. The number of hydrogen-bond acceptors (Lipinski definition) is 6. The fourth-order valence-electron chi connectivity index (χ4n) is 3.51. The third kappa shape index (κ3) is 2.45. The molecule has 0 saturated heterocycles. The predicted octanol–water partition coefficient (Wildman–Crippen LogP) is 4.38. The van der Waals surface area contributed by atoms with Crippen molar-refractivity contribution in [1.82, 2.24) is 0 Å². The Hall–Kier alpha value is -3.41. The molecule has 0 unspecified atom stereocenters. The van der Waals surface area contributed by atoms with E-state index in [1.54, 1.807) is 25.3 Å². The Morgan fingerprint density at radius 1 is 1.11 bits per heavy atom. The molecule has 2 aliphatic heterocycles. The van der Waals surface area contributed by atoms with Crippen molar-refractivity contribution in [2.24, 2.45) is 0 Å². The van der Waals surface area contributed by atoms with Crippen LogP contribution in [0.4, 0.5) is 0 Å². The van der Waals surface area contributed by atoms with Gasteiger partial charge in [-0.15, -0.1) is 0 Å². The van der Waals surface area contributed by atoms with Crippen molar-refractivity contribution in [1.29, 1.82) is 0 Å². The van der Waals surface area contributed by atoms with Crippen molar-refractivity contribution in [3.63, 3.8) is 0 Å². The molecular formula is C22H18O6. The smallest absolute Gasteiger partial charge is 0.231 e. The average molecular weight is 378 g/mol. The molecule has 6 nitrogen and oxygen atoms in total. The molecule has 0 bridgehead atoms. The van der Waals surface area contributed by atoms with Crippen LogP contribution >= 0.6 is 0 Å². The summed E-state index contributed by atoms with van der Waals surface area (Å²) < 4.78 is 28.3. The minimum atomic E-state index is -0.513. The number of rotatable bonds is 2. The lowest BCUT2D eigenvalue weighted by atomic mass is 9.98. The molecule has 6 heteroatoms. The topological polar surface area (TPSA) is 67.1 Å². The van der Waals surface area contributed by atoms with Gasteiger partial charge in [0, 0.05) is 0 Å². The molecule has 0 saturated carbocycles. The van der Waals surface area contributed by atoms with E-state index in [1.807, 2.05) is 32.1 Å². The molecule has 2 aliphatic rings. The lowest BCUT2D eigenvalue weighted by Crippen LogP contribution is -2.28. The molecule has 142 valence electrons. The van der Waals surface area contributed by atoms with E-state index < -0.39 is 5.60 Å². The highest BCUT2D eigenvalue weighted by Crippen LogP contribution is 2.43. The Balaban J connectivity index is 1.75. The van der Waals surface area contributed by atoms with Crippen molar-refractivity contribution in [3.8, 4) is 34.1 Å². The van der Waals surface area contributed by atoms with E-state index in [4.69, 9.17) is 23.4 Å². The SMILES string of the molecule is COc1cc2c(=O)c(-c3ccc4c(c3)OCO4)coc2c2c1C=CC(C)(C)O2. The number of fused-ring (bicyclic) bond motifs is 4. The van der Waals surface area contributed by atoms with Gasteiger partial charge in [0.1, 0.15) is 17.6 Å². The quantitative estimate of drug-likeness (QED) is 0.659. The maximum atomic E-state index is 13.3. The maximum absolute atomic E-state index is 13.3. The normalized spacial score (nSPS) is 16.0. The standard InChI is InChI=1S/C22H18O6/c1-22(2)7-6-13-17(24-3)9-14-19(23)15(10-25-20(14)21(13)28-22)12-4-5-16-18(8-12)27-11-26-16/h4-10H,11H2,1-3H3. The first-order valence-electron chi connectivity index (χ1n) is 8.91. The highest BCUT2D eigenvalue weighted by molar-refractivity contribution is 5.92. The van der Waals surface area contributed by atoms with E-state index in [9.17, 15) is 4.79 Å². The third-order valence-corrected chi connectivity index (χ3v) is 4.94. The van der Waals surface area contributed by atoms with Gasteiger partial charge >= 0.3 is 0 Å². The fourth-order valence-corrected chi connectivity index (χ4v) is 3.51. The summed E-state index contributed by atoms with van der Waals surface area (Å²) in [5.74, 6) is 2.34. The maximum Gasteiger partial charge on any atom is 0.231 e. The molecule has 0 radical (unpaired) electrons. The summed E-state index contributed by atoms with van der Waals surface area (Å²) in [4.78, 5) is 13.3. The summed E-state index contributed by atoms with van der Waals surface area (Å²) in [5.41, 5.74) is 1.60. The molecule has 0 atom stereocenters. The molecular weight excluding hydrogens is 360 g/mol. The largest absolute Gasteiger partial charge is 0.496 e. The van der Waals surface area contributed by atoms with Crippen LogP contribution in [0.5, 0.6) is 23.0 Å². The van der Waals surface area contributed by atoms with Crippen molar-refractivity contribution in [2.75, 3.05) is 13.9 Å². The highest BCUT2D eigenvalue weighted by atomic mass is 16.7. The Kier molecular flexibility index (Phi) is 3.46. The first kappa shape index (κ1) is 16.7. The van der Waals surface area contributed by atoms with Crippen molar-refractivity contribution < 1.29 is 23.4 Å². The molecule has 1 aromatic heterocycles. The molecule has 0 aliphatic carbocycles. The molecule has 5 rings (SSSR count). The Morgan fingerprint density at radius 2 is 1.93 bits per heavy atom. The van der Waals surface area contributed by atoms with Gasteiger partial charge in [-0.3, -0.25) is 4.79 Å². The van der Waals surface area contributed by atoms with Crippen LogP contribution in [-0.4, -0.2) is 19.5 Å². The molecule has 3 heterocycles. The van der Waals surface area contributed by atoms with Crippen LogP contribution in [0.25, 0.3) is 28.2 Å². The zero-order valence-corrected chi connectivity index (χ0v) is 15.7. The van der Waals surface area contributed by atoms with E-state index in [0.717, 1.165) is 5.56 Å². The van der Waals surface area contributed by atoms with Crippen LogP contribution < -0.4 is 24.4 Å². The summed E-state index contributed by atoms with van der Waals surface area (Å²) >= 11 is 0. The number of ether oxygens (including phenoxy) is 4. The second kappa shape index (κ2) is 5.79. The molecule has 0 amide bonds. The first-order valence-corrected chi connectivity index (χ1v) is 8.91. The monoisotopic (exact) mass is 378 g/mol. The van der Waals surface area contributed by atoms with Crippen LogP contribution in [0.2, 0.25) is 0 Å². The van der Waals surface area contributed by atoms with Gasteiger partial charge in [-0.25, -0.2) is 0 Å². The fraction of sp³-hybridized carbons (Fsp3) is 0.227. The summed E-state index contributed by atoms with van der Waals surface area (Å²) in [6.45, 7) is 4.06. The zero-order chi connectivity index (χ0) is 19.5. The van der Waals surface area contributed by atoms with E-state index in [1.165, 1.54) is 6.26 Å². The van der Waals surface area contributed by atoms with E-state index in [2.05, 4.69) is 0 Å². The lowest BCUT2D eigenvalue weighted by Gasteiger charge is -2.28. The minimum absolute atomic E-state index is 0.169. The summed E-state index contributed by atoms with van der Waals surface area (Å²) in [6, 6.07) is 7.07. The van der Waals surface area contributed by atoms with E-state index in [0.29, 0.717) is 45.1 Å². The lowest BCUT2D eigenvalue weighted by molar-refractivity contribution is 0.158. The van der Waals surface area contributed by atoms with Crippen molar-refractivity contribution >= 4 is 17.0 Å². The Morgan fingerprint density at radius 3 is 2.75 bits per heavy atom. The minimum Gasteiger partial charge on any atom is -0.496 e. The first-order chi connectivity index (χ1) is 13.5. The van der Waals surface area contributed by atoms with Gasteiger partial charge in [0.25, 0.3) is 0 Å². The number of hydrogen-bond donors (Lipinski definition) is 0. The molecule has 2 aromatic carbocycles. The molecule has 0 N–H and O–H groups in total. The van der Waals surface area contributed by atoms with Gasteiger partial charge in [0.05, 0.1) is 23.6 Å². The number of methoxy groups -OCH3 is 1. The zero-order valence-electron chi connectivity index (χ0n) is 15.7. The van der Waals surface area contributed by atoms with Gasteiger partial charge in [-0.2, -0.15) is 0 Å². The van der Waals surface area contributed by atoms with Crippen LogP contribution in [0, 0.1) is 0 Å². The average Bonchev–Trinajstić information content (AvgIpc) is 3.15. The summed E-state index contributed by atoms with van der Waals surface area (Å²) in [6.07, 6.45) is 5.34. The third-order valence-electron chi connectivity index (χ3n) is 4.94. The van der Waals surface area contributed by atoms with Crippen molar-refractivity contribution in [2.45, 2.75) is 19.4 Å². The molecule has 0 spiro atoms. The highest BCUT2D eigenvalue weighted by Gasteiger charge is 2.28. The number of benzene rings is 2. The molecule has 0 fully saturated rings. The van der Waals surface area contributed by atoms with Crippen LogP contribution in [0.1, 0.15) is 19.4 Å². The van der Waals surface area contributed by atoms with Gasteiger partial charge in [0.2, 0.25) is 12.2 Å². The van der Waals surface area contributed by atoms with Gasteiger partial charge in [-0.1, -0.05) is 6.07 Å².